The Balaban J connectivity index is 2.07. The van der Waals surface area contributed by atoms with Gasteiger partial charge in [0.25, 0.3) is 0 Å². The molecule has 1 heterocycles. The molecule has 0 radical (unpaired) electrons. The lowest BCUT2D eigenvalue weighted by Crippen LogP contribution is -2.15. The van der Waals surface area contributed by atoms with Crippen LogP contribution >= 0.6 is 0 Å². The first kappa shape index (κ1) is 9.34. The summed E-state index contributed by atoms with van der Waals surface area (Å²) >= 11 is 0. The second-order valence-electron chi connectivity index (χ2n) is 3.68. The zero-order chi connectivity index (χ0) is 9.97. The van der Waals surface area contributed by atoms with Gasteiger partial charge in [-0.3, -0.25) is 0 Å². The molecule has 1 aromatic rings. The van der Waals surface area contributed by atoms with Crippen LogP contribution in [0.3, 0.4) is 0 Å². The maximum atomic E-state index is 5.73. The highest BCUT2D eigenvalue weighted by atomic mass is 16.5. The van der Waals surface area contributed by atoms with Crippen LogP contribution in [-0.4, -0.2) is 19.3 Å². The van der Waals surface area contributed by atoms with Crippen LogP contribution in [0.5, 0.6) is 5.75 Å². The van der Waals surface area contributed by atoms with E-state index >= 15 is 0 Å². The second-order valence-corrected chi connectivity index (χ2v) is 3.68. The minimum atomic E-state index is 0.191. The summed E-state index contributed by atoms with van der Waals surface area (Å²) in [5.41, 5.74) is 7.60. The number of ether oxygens (including phenoxy) is 2. The van der Waals surface area contributed by atoms with E-state index < -0.39 is 0 Å². The number of aryl methyl sites for hydroxylation is 1. The van der Waals surface area contributed by atoms with Crippen LogP contribution in [0.15, 0.2) is 18.2 Å². The third kappa shape index (κ3) is 2.17. The SMILES string of the molecule is Cc1cc(N)cc(OC2CCOC2)c1. The van der Waals surface area contributed by atoms with Crippen LogP contribution in [0, 0.1) is 6.92 Å². The normalized spacial score (nSPS) is 21.1. The van der Waals surface area contributed by atoms with E-state index in [2.05, 4.69) is 0 Å². The summed E-state index contributed by atoms with van der Waals surface area (Å²) in [4.78, 5) is 0. The molecule has 1 aliphatic rings. The molecule has 2 rings (SSSR count). The van der Waals surface area contributed by atoms with Gasteiger partial charge in [-0.05, 0) is 24.6 Å². The fourth-order valence-electron chi connectivity index (χ4n) is 1.64. The Labute approximate surface area is 83.8 Å². The van der Waals surface area contributed by atoms with Gasteiger partial charge in [0.05, 0.1) is 13.2 Å². The van der Waals surface area contributed by atoms with E-state index in [-0.39, 0.29) is 6.10 Å². The van der Waals surface area contributed by atoms with E-state index in [0.29, 0.717) is 6.61 Å². The van der Waals surface area contributed by atoms with E-state index in [0.717, 1.165) is 30.0 Å². The van der Waals surface area contributed by atoms with Crippen molar-refractivity contribution in [3.63, 3.8) is 0 Å². The molecule has 0 spiro atoms. The molecule has 1 fully saturated rings. The van der Waals surface area contributed by atoms with E-state index in [1.54, 1.807) is 0 Å². The van der Waals surface area contributed by atoms with Crippen molar-refractivity contribution >= 4 is 5.69 Å². The molecule has 1 aliphatic heterocycles. The Bertz CT molecular complexity index is 299. The third-order valence-electron chi connectivity index (χ3n) is 2.26. The van der Waals surface area contributed by atoms with Crippen molar-refractivity contribution in [1.82, 2.24) is 0 Å². The summed E-state index contributed by atoms with van der Waals surface area (Å²) in [5.74, 6) is 0.845. The zero-order valence-electron chi connectivity index (χ0n) is 8.32. The molecule has 14 heavy (non-hydrogen) atoms. The summed E-state index contributed by atoms with van der Waals surface area (Å²) in [7, 11) is 0. The molecule has 1 saturated heterocycles. The van der Waals surface area contributed by atoms with Crippen LogP contribution in [0.1, 0.15) is 12.0 Å². The lowest BCUT2D eigenvalue weighted by molar-refractivity contribution is 0.141. The van der Waals surface area contributed by atoms with Gasteiger partial charge in [0.1, 0.15) is 11.9 Å². The van der Waals surface area contributed by atoms with Crippen LogP contribution < -0.4 is 10.5 Å². The summed E-state index contributed by atoms with van der Waals surface area (Å²) in [5, 5.41) is 0. The highest BCUT2D eigenvalue weighted by Gasteiger charge is 2.17. The van der Waals surface area contributed by atoms with Gasteiger partial charge in [-0.1, -0.05) is 0 Å². The van der Waals surface area contributed by atoms with Gasteiger partial charge in [-0.15, -0.1) is 0 Å². The van der Waals surface area contributed by atoms with Gasteiger partial charge in [0.15, 0.2) is 0 Å². The number of benzene rings is 1. The van der Waals surface area contributed by atoms with Gasteiger partial charge in [-0.2, -0.15) is 0 Å². The summed E-state index contributed by atoms with van der Waals surface area (Å²) in [6.45, 7) is 3.49. The average molecular weight is 193 g/mol. The van der Waals surface area contributed by atoms with Crippen LogP contribution in [0.2, 0.25) is 0 Å². The Morgan fingerprint density at radius 3 is 2.93 bits per heavy atom. The molecule has 0 saturated carbocycles. The Morgan fingerprint density at radius 1 is 1.43 bits per heavy atom. The standard InChI is InChI=1S/C11H15NO2/c1-8-4-9(12)6-11(5-8)14-10-2-3-13-7-10/h4-6,10H,2-3,7,12H2,1H3. The first-order chi connectivity index (χ1) is 6.74. The number of anilines is 1. The van der Waals surface area contributed by atoms with Gasteiger partial charge >= 0.3 is 0 Å². The number of hydrogen-bond acceptors (Lipinski definition) is 3. The minimum absolute atomic E-state index is 0.191. The molecule has 0 aliphatic carbocycles. The summed E-state index contributed by atoms with van der Waals surface area (Å²) in [6, 6.07) is 5.78. The van der Waals surface area contributed by atoms with Crippen LogP contribution in [-0.2, 0) is 4.74 Å². The molecule has 3 nitrogen and oxygen atoms in total. The molecule has 0 amide bonds. The predicted molar refractivity (Wildman–Crippen MR) is 55.4 cm³/mol. The first-order valence-corrected chi connectivity index (χ1v) is 4.85. The van der Waals surface area contributed by atoms with E-state index in [1.807, 2.05) is 25.1 Å². The predicted octanol–water partition coefficient (Wildman–Crippen LogP) is 1.74. The average Bonchev–Trinajstić information content (AvgIpc) is 2.54. The molecule has 0 bridgehead atoms. The van der Waals surface area contributed by atoms with Crippen molar-refractivity contribution in [2.75, 3.05) is 18.9 Å². The summed E-state index contributed by atoms with van der Waals surface area (Å²) < 4.78 is 11.0. The highest BCUT2D eigenvalue weighted by molar-refractivity contribution is 5.47. The van der Waals surface area contributed by atoms with E-state index in [9.17, 15) is 0 Å². The maximum absolute atomic E-state index is 5.73. The first-order valence-electron chi connectivity index (χ1n) is 4.85. The second kappa shape index (κ2) is 3.88. The third-order valence-corrected chi connectivity index (χ3v) is 2.26. The largest absolute Gasteiger partial charge is 0.488 e. The maximum Gasteiger partial charge on any atom is 0.124 e. The van der Waals surface area contributed by atoms with Crippen LogP contribution in [0.4, 0.5) is 5.69 Å². The van der Waals surface area contributed by atoms with Crippen LogP contribution in [0.25, 0.3) is 0 Å². The molecule has 0 aromatic heterocycles. The van der Waals surface area contributed by atoms with Crippen molar-refractivity contribution in [1.29, 1.82) is 0 Å². The number of hydrogen-bond donors (Lipinski definition) is 1. The number of rotatable bonds is 2. The Morgan fingerprint density at radius 2 is 2.29 bits per heavy atom. The molecule has 1 unspecified atom stereocenters. The molecule has 76 valence electrons. The molecule has 1 aromatic carbocycles. The fourth-order valence-corrected chi connectivity index (χ4v) is 1.64. The molecule has 2 N–H and O–H groups in total. The minimum Gasteiger partial charge on any atom is -0.488 e. The lowest BCUT2D eigenvalue weighted by atomic mass is 10.2. The van der Waals surface area contributed by atoms with Crippen molar-refractivity contribution < 1.29 is 9.47 Å². The highest BCUT2D eigenvalue weighted by Crippen LogP contribution is 2.21. The Kier molecular flexibility index (Phi) is 2.59. The smallest absolute Gasteiger partial charge is 0.124 e. The van der Waals surface area contributed by atoms with E-state index in [4.69, 9.17) is 15.2 Å². The van der Waals surface area contributed by atoms with Crippen molar-refractivity contribution in [3.8, 4) is 5.75 Å². The van der Waals surface area contributed by atoms with Crippen molar-refractivity contribution in [2.24, 2.45) is 0 Å². The fraction of sp³-hybridized carbons (Fsp3) is 0.455. The van der Waals surface area contributed by atoms with Crippen molar-refractivity contribution in [3.05, 3.63) is 23.8 Å². The number of nitrogen functional groups attached to an aromatic ring is 1. The quantitative estimate of drug-likeness (QED) is 0.728. The van der Waals surface area contributed by atoms with Gasteiger partial charge in [0, 0.05) is 18.2 Å². The summed E-state index contributed by atoms with van der Waals surface area (Å²) in [6.07, 6.45) is 1.16. The lowest BCUT2D eigenvalue weighted by Gasteiger charge is -2.12. The molecule has 1 atom stereocenters. The van der Waals surface area contributed by atoms with E-state index in [1.165, 1.54) is 0 Å². The van der Waals surface area contributed by atoms with Gasteiger partial charge in [0.2, 0.25) is 0 Å². The monoisotopic (exact) mass is 193 g/mol. The zero-order valence-corrected chi connectivity index (χ0v) is 8.32. The topological polar surface area (TPSA) is 44.5 Å². The van der Waals surface area contributed by atoms with Gasteiger partial charge in [-0.25, -0.2) is 0 Å². The van der Waals surface area contributed by atoms with Crippen molar-refractivity contribution in [2.45, 2.75) is 19.4 Å². The van der Waals surface area contributed by atoms with Gasteiger partial charge < -0.3 is 15.2 Å². The molecular weight excluding hydrogens is 178 g/mol. The Hall–Kier alpha value is -1.22. The number of nitrogens with two attached hydrogens (primary N) is 1. The molecule has 3 heteroatoms. The molecular formula is C11H15NO2.